The van der Waals surface area contributed by atoms with Gasteiger partial charge in [-0.2, -0.15) is 0 Å². The van der Waals surface area contributed by atoms with E-state index in [9.17, 15) is 4.79 Å². The topological polar surface area (TPSA) is 42.2 Å². The Balaban J connectivity index is 1.29. The molecule has 4 saturated carbocycles. The van der Waals surface area contributed by atoms with Crippen LogP contribution in [-0.2, 0) is 11.2 Å². The minimum atomic E-state index is 0.136. The first kappa shape index (κ1) is 16.4. The molecule has 0 unspecified atom stereocenters. The van der Waals surface area contributed by atoms with E-state index in [4.69, 9.17) is 4.42 Å². The molecular formula is C23H29NO2. The molecule has 1 N–H and O–H groups in total. The molecule has 4 aliphatic rings. The quantitative estimate of drug-likeness (QED) is 0.842. The molecule has 1 aromatic heterocycles. The Kier molecular flexibility index (Phi) is 3.70. The van der Waals surface area contributed by atoms with Crippen molar-refractivity contribution in [1.29, 1.82) is 0 Å². The number of fused-ring (bicyclic) bond motifs is 1. The summed E-state index contributed by atoms with van der Waals surface area (Å²) in [5.74, 6) is 2.89. The van der Waals surface area contributed by atoms with E-state index < -0.39 is 0 Å². The third-order valence-corrected chi connectivity index (χ3v) is 7.54. The van der Waals surface area contributed by atoms with Crippen LogP contribution in [0.4, 0.5) is 0 Å². The Hall–Kier alpha value is -1.77. The van der Waals surface area contributed by atoms with Crippen LogP contribution in [0.25, 0.3) is 11.0 Å². The molecule has 3 heteroatoms. The molecule has 0 aliphatic heterocycles. The van der Waals surface area contributed by atoms with Gasteiger partial charge in [0, 0.05) is 17.0 Å². The molecule has 4 aliphatic carbocycles. The second kappa shape index (κ2) is 5.87. The van der Waals surface area contributed by atoms with Crippen LogP contribution in [0, 0.1) is 30.1 Å². The zero-order valence-electron chi connectivity index (χ0n) is 15.9. The average Bonchev–Trinajstić information content (AvgIpc) is 2.95. The maximum Gasteiger partial charge on any atom is 0.224 e. The van der Waals surface area contributed by atoms with Crippen LogP contribution in [0.2, 0.25) is 0 Å². The summed E-state index contributed by atoms with van der Waals surface area (Å²) in [6.45, 7) is 4.31. The minimum Gasteiger partial charge on any atom is -0.464 e. The lowest BCUT2D eigenvalue weighted by molar-refractivity contribution is -0.125. The van der Waals surface area contributed by atoms with E-state index in [1.54, 1.807) is 6.26 Å². The highest BCUT2D eigenvalue weighted by Gasteiger charge is 2.53. The lowest BCUT2D eigenvalue weighted by atomic mass is 9.48. The molecular weight excluding hydrogens is 322 g/mol. The van der Waals surface area contributed by atoms with Gasteiger partial charge in [0.2, 0.25) is 5.91 Å². The van der Waals surface area contributed by atoms with Gasteiger partial charge in [-0.15, -0.1) is 0 Å². The van der Waals surface area contributed by atoms with E-state index in [2.05, 4.69) is 31.3 Å². The lowest BCUT2D eigenvalue weighted by Crippen LogP contribution is -2.56. The van der Waals surface area contributed by atoms with Crippen LogP contribution in [0.5, 0.6) is 0 Å². The first-order valence-corrected chi connectivity index (χ1v) is 10.3. The zero-order chi connectivity index (χ0) is 17.9. The fourth-order valence-corrected chi connectivity index (χ4v) is 6.65. The van der Waals surface area contributed by atoms with Gasteiger partial charge in [0.25, 0.3) is 0 Å². The van der Waals surface area contributed by atoms with Gasteiger partial charge in [-0.3, -0.25) is 4.79 Å². The van der Waals surface area contributed by atoms with Gasteiger partial charge in [-0.25, -0.2) is 0 Å². The summed E-state index contributed by atoms with van der Waals surface area (Å²) >= 11 is 0. The molecule has 26 heavy (non-hydrogen) atoms. The number of hydrogen-bond donors (Lipinski definition) is 1. The van der Waals surface area contributed by atoms with Crippen molar-refractivity contribution < 1.29 is 9.21 Å². The van der Waals surface area contributed by atoms with Crippen LogP contribution in [0.15, 0.2) is 28.9 Å². The summed E-state index contributed by atoms with van der Waals surface area (Å²) in [6, 6.07) is 6.47. The van der Waals surface area contributed by atoms with Crippen molar-refractivity contribution in [3.05, 3.63) is 35.6 Å². The summed E-state index contributed by atoms with van der Waals surface area (Å²) in [5.41, 5.74) is 3.41. The van der Waals surface area contributed by atoms with Gasteiger partial charge in [0.1, 0.15) is 5.58 Å². The Morgan fingerprint density at radius 2 is 1.85 bits per heavy atom. The van der Waals surface area contributed by atoms with Crippen molar-refractivity contribution in [1.82, 2.24) is 5.32 Å². The monoisotopic (exact) mass is 351 g/mol. The first-order valence-electron chi connectivity index (χ1n) is 10.3. The van der Waals surface area contributed by atoms with Crippen molar-refractivity contribution in [2.24, 2.45) is 23.2 Å². The normalized spacial score (nSPS) is 33.5. The van der Waals surface area contributed by atoms with Crippen molar-refractivity contribution in [2.45, 2.75) is 64.8 Å². The number of carbonyl (C=O) groups excluding carboxylic acids is 1. The fraction of sp³-hybridized carbons (Fsp3) is 0.609. The molecule has 0 saturated heterocycles. The summed E-state index contributed by atoms with van der Waals surface area (Å²) < 4.78 is 5.66. The van der Waals surface area contributed by atoms with Crippen LogP contribution in [0.1, 0.15) is 56.6 Å². The molecule has 1 heterocycles. The Labute approximate surface area is 155 Å². The van der Waals surface area contributed by atoms with E-state index in [1.807, 2.05) is 6.07 Å². The Bertz CT molecular complexity index is 814. The molecule has 0 radical (unpaired) electrons. The minimum absolute atomic E-state index is 0.136. The van der Waals surface area contributed by atoms with Gasteiger partial charge in [0.05, 0.1) is 12.7 Å². The SMILES string of the molecule is Cc1ccc2c(CC(=O)N[C@H](C)C34CC5CC(CC(C5)C3)C4)coc2c1. The van der Waals surface area contributed by atoms with Gasteiger partial charge in [-0.1, -0.05) is 12.1 Å². The number of hydrogen-bond acceptors (Lipinski definition) is 2. The van der Waals surface area contributed by atoms with E-state index >= 15 is 0 Å². The summed E-state index contributed by atoms with van der Waals surface area (Å²) in [5, 5.41) is 4.43. The van der Waals surface area contributed by atoms with E-state index in [-0.39, 0.29) is 11.9 Å². The summed E-state index contributed by atoms with van der Waals surface area (Å²) in [4.78, 5) is 12.8. The highest BCUT2D eigenvalue weighted by Crippen LogP contribution is 2.61. The second-order valence-corrected chi connectivity index (χ2v) is 9.51. The van der Waals surface area contributed by atoms with Gasteiger partial charge in [-0.05, 0) is 87.2 Å². The van der Waals surface area contributed by atoms with Crippen molar-refractivity contribution in [3.63, 3.8) is 0 Å². The van der Waals surface area contributed by atoms with Crippen LogP contribution in [-0.4, -0.2) is 11.9 Å². The maximum absolute atomic E-state index is 12.8. The molecule has 1 amide bonds. The number of amides is 1. The van der Waals surface area contributed by atoms with Gasteiger partial charge < -0.3 is 9.73 Å². The number of carbonyl (C=O) groups is 1. The first-order chi connectivity index (χ1) is 12.5. The van der Waals surface area contributed by atoms with E-state index in [0.29, 0.717) is 11.8 Å². The Morgan fingerprint density at radius 1 is 1.19 bits per heavy atom. The summed E-state index contributed by atoms with van der Waals surface area (Å²) in [6.07, 6.45) is 10.5. The zero-order valence-corrected chi connectivity index (χ0v) is 15.9. The van der Waals surface area contributed by atoms with Crippen molar-refractivity contribution >= 4 is 16.9 Å². The molecule has 1 aromatic carbocycles. The molecule has 4 bridgehead atoms. The smallest absolute Gasteiger partial charge is 0.224 e. The van der Waals surface area contributed by atoms with Crippen molar-refractivity contribution in [3.8, 4) is 0 Å². The third-order valence-electron chi connectivity index (χ3n) is 7.54. The van der Waals surface area contributed by atoms with Crippen LogP contribution < -0.4 is 5.32 Å². The van der Waals surface area contributed by atoms with Crippen LogP contribution >= 0.6 is 0 Å². The molecule has 1 atom stereocenters. The molecule has 138 valence electrons. The number of rotatable bonds is 4. The molecule has 2 aromatic rings. The van der Waals surface area contributed by atoms with E-state index in [0.717, 1.165) is 34.3 Å². The van der Waals surface area contributed by atoms with Crippen molar-refractivity contribution in [2.75, 3.05) is 0 Å². The average molecular weight is 351 g/mol. The van der Waals surface area contributed by atoms with Gasteiger partial charge in [0.15, 0.2) is 0 Å². The predicted octanol–water partition coefficient (Wildman–Crippen LogP) is 5.00. The highest BCUT2D eigenvalue weighted by molar-refractivity contribution is 5.88. The standard InChI is InChI=1S/C23H29NO2/c1-14-3-4-20-19(13-26-21(20)5-14)9-22(25)24-15(2)23-10-16-6-17(11-23)8-18(7-16)12-23/h3-5,13,15-18H,6-12H2,1-2H3,(H,24,25)/t15-,16?,17?,18?,23?/m1/s1. The molecule has 6 rings (SSSR count). The summed E-state index contributed by atoms with van der Waals surface area (Å²) in [7, 11) is 0. The number of aryl methyl sites for hydroxylation is 1. The molecule has 4 fully saturated rings. The molecule has 3 nitrogen and oxygen atoms in total. The largest absolute Gasteiger partial charge is 0.464 e. The number of nitrogens with one attached hydrogen (secondary N) is 1. The Morgan fingerprint density at radius 3 is 2.50 bits per heavy atom. The number of furan rings is 1. The highest BCUT2D eigenvalue weighted by atomic mass is 16.3. The lowest BCUT2D eigenvalue weighted by Gasteiger charge is -2.59. The molecule has 0 spiro atoms. The van der Waals surface area contributed by atoms with E-state index in [1.165, 1.54) is 44.1 Å². The number of benzene rings is 1. The third kappa shape index (κ3) is 2.67. The van der Waals surface area contributed by atoms with Gasteiger partial charge >= 0.3 is 0 Å². The van der Waals surface area contributed by atoms with Crippen LogP contribution in [0.3, 0.4) is 0 Å². The maximum atomic E-state index is 12.8. The second-order valence-electron chi connectivity index (χ2n) is 9.51. The predicted molar refractivity (Wildman–Crippen MR) is 103 cm³/mol. The fourth-order valence-electron chi connectivity index (χ4n) is 6.65.